The van der Waals surface area contributed by atoms with E-state index in [4.69, 9.17) is 9.47 Å². The number of non-ortho nitro benzene ring substituents is 1. The second-order valence-electron chi connectivity index (χ2n) is 7.10. The summed E-state index contributed by atoms with van der Waals surface area (Å²) in [5.41, 5.74) is 0.182. The maximum absolute atomic E-state index is 12.9. The van der Waals surface area contributed by atoms with Gasteiger partial charge in [0.05, 0.1) is 23.3 Å². The summed E-state index contributed by atoms with van der Waals surface area (Å²) in [5, 5.41) is 11.0. The van der Waals surface area contributed by atoms with Gasteiger partial charge in [-0.15, -0.1) is 0 Å². The number of carbonyl (C=O) groups is 2. The molecule has 26 heavy (non-hydrogen) atoms. The van der Waals surface area contributed by atoms with Crippen LogP contribution in [0.25, 0.3) is 0 Å². The molecule has 2 atom stereocenters. The molecule has 0 aromatic heterocycles. The minimum Gasteiger partial charge on any atom is -0.478 e. The van der Waals surface area contributed by atoms with E-state index in [-0.39, 0.29) is 35.8 Å². The van der Waals surface area contributed by atoms with Crippen LogP contribution in [0.15, 0.2) is 18.2 Å². The van der Waals surface area contributed by atoms with Crippen LogP contribution >= 0.6 is 0 Å². The largest absolute Gasteiger partial charge is 0.478 e. The molecule has 142 valence electrons. The first-order valence-electron chi connectivity index (χ1n) is 8.58. The third-order valence-corrected chi connectivity index (χ3v) is 4.04. The standard InChI is InChI=1S/C18H24N2O6/c1-10(2)9-25-18(22)12(5)19-14-7-6-13(20(23)24)8-15(14)26-16(11(3)4)17(19)21/h6-8,10-12,16H,9H2,1-5H3. The molecule has 1 aromatic carbocycles. The quantitative estimate of drug-likeness (QED) is 0.437. The van der Waals surface area contributed by atoms with E-state index in [0.29, 0.717) is 5.69 Å². The Morgan fingerprint density at radius 3 is 2.50 bits per heavy atom. The van der Waals surface area contributed by atoms with Crippen molar-refractivity contribution in [2.75, 3.05) is 11.5 Å². The molecule has 1 aromatic rings. The van der Waals surface area contributed by atoms with Crippen LogP contribution in [0, 0.1) is 22.0 Å². The molecule has 0 fully saturated rings. The van der Waals surface area contributed by atoms with Crippen molar-refractivity contribution >= 4 is 23.3 Å². The van der Waals surface area contributed by atoms with Crippen LogP contribution in [0.2, 0.25) is 0 Å². The van der Waals surface area contributed by atoms with Gasteiger partial charge in [-0.3, -0.25) is 19.8 Å². The number of anilines is 1. The van der Waals surface area contributed by atoms with Crippen molar-refractivity contribution in [3.63, 3.8) is 0 Å². The van der Waals surface area contributed by atoms with Crippen molar-refractivity contribution < 1.29 is 24.0 Å². The van der Waals surface area contributed by atoms with E-state index in [1.54, 1.807) is 6.92 Å². The fraction of sp³-hybridized carbons (Fsp3) is 0.556. The number of ether oxygens (including phenoxy) is 2. The van der Waals surface area contributed by atoms with E-state index >= 15 is 0 Å². The van der Waals surface area contributed by atoms with Gasteiger partial charge in [-0.1, -0.05) is 27.7 Å². The van der Waals surface area contributed by atoms with Crippen molar-refractivity contribution in [3.8, 4) is 5.75 Å². The van der Waals surface area contributed by atoms with Crippen LogP contribution in [0.3, 0.4) is 0 Å². The highest BCUT2D eigenvalue weighted by molar-refractivity contribution is 6.04. The maximum Gasteiger partial charge on any atom is 0.328 e. The number of nitro benzene ring substituents is 1. The maximum atomic E-state index is 12.9. The zero-order chi connectivity index (χ0) is 19.6. The number of esters is 1. The molecule has 1 amide bonds. The summed E-state index contributed by atoms with van der Waals surface area (Å²) in [4.78, 5) is 37.1. The molecule has 2 unspecified atom stereocenters. The first-order valence-corrected chi connectivity index (χ1v) is 8.58. The predicted octanol–water partition coefficient (Wildman–Crippen LogP) is 2.93. The summed E-state index contributed by atoms with van der Waals surface area (Å²) in [5.74, 6) is -0.682. The lowest BCUT2D eigenvalue weighted by Gasteiger charge is -2.38. The topological polar surface area (TPSA) is 99.0 Å². The lowest BCUT2D eigenvalue weighted by atomic mass is 10.0. The number of hydrogen-bond donors (Lipinski definition) is 0. The molecule has 1 aliphatic rings. The van der Waals surface area contributed by atoms with E-state index in [1.807, 2.05) is 27.7 Å². The van der Waals surface area contributed by atoms with Gasteiger partial charge in [0.2, 0.25) is 0 Å². The van der Waals surface area contributed by atoms with Crippen molar-refractivity contribution in [2.24, 2.45) is 11.8 Å². The van der Waals surface area contributed by atoms with Gasteiger partial charge >= 0.3 is 5.97 Å². The molecule has 1 aliphatic heterocycles. The van der Waals surface area contributed by atoms with E-state index in [0.717, 1.165) is 0 Å². The van der Waals surface area contributed by atoms with Crippen LogP contribution in [0.5, 0.6) is 5.75 Å². The second kappa shape index (κ2) is 7.72. The molecule has 8 nitrogen and oxygen atoms in total. The molecule has 0 radical (unpaired) electrons. The van der Waals surface area contributed by atoms with E-state index in [9.17, 15) is 19.7 Å². The normalized spacial score (nSPS) is 17.7. The van der Waals surface area contributed by atoms with Crippen LogP contribution in [0.1, 0.15) is 34.6 Å². The molecular formula is C18H24N2O6. The van der Waals surface area contributed by atoms with E-state index in [1.165, 1.54) is 23.1 Å². The molecule has 1 heterocycles. The van der Waals surface area contributed by atoms with Crippen molar-refractivity contribution in [1.82, 2.24) is 0 Å². The van der Waals surface area contributed by atoms with Gasteiger partial charge in [0.1, 0.15) is 6.04 Å². The fourth-order valence-corrected chi connectivity index (χ4v) is 2.65. The van der Waals surface area contributed by atoms with Gasteiger partial charge in [0, 0.05) is 6.07 Å². The first-order chi connectivity index (χ1) is 12.1. The van der Waals surface area contributed by atoms with Gasteiger partial charge in [-0.2, -0.15) is 0 Å². The highest BCUT2D eigenvalue weighted by Crippen LogP contribution is 2.39. The summed E-state index contributed by atoms with van der Waals surface area (Å²) in [6.07, 6.45) is -0.829. The highest BCUT2D eigenvalue weighted by atomic mass is 16.6. The monoisotopic (exact) mass is 364 g/mol. The predicted molar refractivity (Wildman–Crippen MR) is 95.1 cm³/mol. The van der Waals surface area contributed by atoms with E-state index < -0.39 is 23.0 Å². The minimum absolute atomic E-state index is 0.143. The Morgan fingerprint density at radius 1 is 1.31 bits per heavy atom. The summed E-state index contributed by atoms with van der Waals surface area (Å²) >= 11 is 0. The molecule has 0 bridgehead atoms. The number of carbonyl (C=O) groups excluding carboxylic acids is 2. The SMILES string of the molecule is CC(C)COC(=O)C(C)N1C(=O)C(C(C)C)Oc2cc([N+](=O)[O-])ccc21. The molecule has 0 saturated heterocycles. The number of fused-ring (bicyclic) bond motifs is 1. The van der Waals surface area contributed by atoms with Crippen LogP contribution in [-0.2, 0) is 14.3 Å². The zero-order valence-corrected chi connectivity index (χ0v) is 15.6. The molecule has 0 spiro atoms. The van der Waals surface area contributed by atoms with Crippen LogP contribution in [0.4, 0.5) is 11.4 Å². The Balaban J connectivity index is 2.41. The Kier molecular flexibility index (Phi) is 5.84. The molecule has 0 N–H and O–H groups in total. The molecule has 2 rings (SSSR count). The summed E-state index contributed by atoms with van der Waals surface area (Å²) < 4.78 is 11.0. The molecule has 0 saturated carbocycles. The van der Waals surface area contributed by atoms with Gasteiger partial charge < -0.3 is 9.47 Å². The number of hydrogen-bond acceptors (Lipinski definition) is 6. The van der Waals surface area contributed by atoms with Gasteiger partial charge in [0.25, 0.3) is 11.6 Å². The van der Waals surface area contributed by atoms with Crippen molar-refractivity contribution in [2.45, 2.75) is 46.8 Å². The number of amides is 1. The average Bonchev–Trinajstić information content (AvgIpc) is 2.57. The number of nitro groups is 1. The Labute approximate surface area is 152 Å². The van der Waals surface area contributed by atoms with E-state index in [2.05, 4.69) is 0 Å². The van der Waals surface area contributed by atoms with Gasteiger partial charge in [-0.25, -0.2) is 4.79 Å². The highest BCUT2D eigenvalue weighted by Gasteiger charge is 2.41. The summed E-state index contributed by atoms with van der Waals surface area (Å²) in [7, 11) is 0. The van der Waals surface area contributed by atoms with Crippen LogP contribution in [-0.4, -0.2) is 35.6 Å². The fourth-order valence-electron chi connectivity index (χ4n) is 2.65. The number of nitrogens with zero attached hydrogens (tertiary/aromatic N) is 2. The molecule has 8 heteroatoms. The number of rotatable bonds is 6. The number of benzene rings is 1. The summed E-state index contributed by atoms with van der Waals surface area (Å²) in [6, 6.07) is 3.11. The Morgan fingerprint density at radius 2 is 1.96 bits per heavy atom. The lowest BCUT2D eigenvalue weighted by Crippen LogP contribution is -2.54. The Hall–Kier alpha value is -2.64. The Bertz CT molecular complexity index is 716. The molecular weight excluding hydrogens is 340 g/mol. The average molecular weight is 364 g/mol. The summed E-state index contributed by atoms with van der Waals surface area (Å²) in [6.45, 7) is 9.29. The molecule has 0 aliphatic carbocycles. The van der Waals surface area contributed by atoms with Gasteiger partial charge in [-0.05, 0) is 24.8 Å². The zero-order valence-electron chi connectivity index (χ0n) is 15.6. The third kappa shape index (κ3) is 3.95. The second-order valence-corrected chi connectivity index (χ2v) is 7.10. The van der Waals surface area contributed by atoms with Gasteiger partial charge in [0.15, 0.2) is 11.9 Å². The first kappa shape index (κ1) is 19.7. The van der Waals surface area contributed by atoms with Crippen molar-refractivity contribution in [1.29, 1.82) is 0 Å². The van der Waals surface area contributed by atoms with Crippen LogP contribution < -0.4 is 9.64 Å². The smallest absolute Gasteiger partial charge is 0.328 e. The lowest BCUT2D eigenvalue weighted by molar-refractivity contribution is -0.384. The van der Waals surface area contributed by atoms with Crippen molar-refractivity contribution in [3.05, 3.63) is 28.3 Å². The minimum atomic E-state index is -0.869. The third-order valence-electron chi connectivity index (χ3n) is 4.04.